The molecule has 4 amide bonds. The van der Waals surface area contributed by atoms with Gasteiger partial charge < -0.3 is 20.4 Å². The Balaban J connectivity index is 1.16. The molecular formula is C36H44N6O4. The summed E-state index contributed by atoms with van der Waals surface area (Å²) in [5.74, 6) is -1.09. The number of nitrogens with zero attached hydrogens (tertiary/aromatic N) is 4. The first kappa shape index (κ1) is 31.5. The topological polar surface area (TPSA) is 117 Å². The van der Waals surface area contributed by atoms with Gasteiger partial charge in [0, 0.05) is 50.8 Å². The number of carbonyl (C=O) groups is 4. The van der Waals surface area contributed by atoms with Crippen LogP contribution < -0.4 is 10.6 Å². The molecule has 3 heterocycles. The van der Waals surface area contributed by atoms with Crippen LogP contribution in [0.15, 0.2) is 73.1 Å². The molecule has 6 rings (SSSR count). The summed E-state index contributed by atoms with van der Waals surface area (Å²) in [5.41, 5.74) is 2.16. The number of aromatic nitrogens is 2. The van der Waals surface area contributed by atoms with E-state index >= 15 is 0 Å². The number of amides is 4. The van der Waals surface area contributed by atoms with Crippen molar-refractivity contribution in [3.63, 3.8) is 0 Å². The van der Waals surface area contributed by atoms with Gasteiger partial charge in [-0.1, -0.05) is 74.5 Å². The highest BCUT2D eigenvalue weighted by molar-refractivity contribution is 5.95. The molecule has 3 atom stereocenters. The zero-order valence-electron chi connectivity index (χ0n) is 26.9. The molecule has 0 unspecified atom stereocenters. The van der Waals surface area contributed by atoms with Crippen LogP contribution in [0.3, 0.4) is 0 Å². The Morgan fingerprint density at radius 3 is 2.17 bits per heavy atom. The van der Waals surface area contributed by atoms with Gasteiger partial charge in [-0.2, -0.15) is 5.10 Å². The second-order valence-electron chi connectivity index (χ2n) is 14.0. The monoisotopic (exact) mass is 624 g/mol. The van der Waals surface area contributed by atoms with Crippen LogP contribution in [0.4, 0.5) is 0 Å². The third-order valence-electron chi connectivity index (χ3n) is 10.1. The Morgan fingerprint density at radius 2 is 1.54 bits per heavy atom. The largest absolute Gasteiger partial charge is 0.357 e. The lowest BCUT2D eigenvalue weighted by atomic mass is 9.70. The van der Waals surface area contributed by atoms with Gasteiger partial charge in [0.1, 0.15) is 6.04 Å². The Hall–Kier alpha value is -4.47. The van der Waals surface area contributed by atoms with E-state index in [9.17, 15) is 19.2 Å². The number of hydrogen-bond acceptors (Lipinski definition) is 5. The normalized spacial score (nSPS) is 21.4. The molecule has 3 aliphatic rings. The highest BCUT2D eigenvalue weighted by Gasteiger charge is 2.62. The maximum atomic E-state index is 14.0. The first-order valence-corrected chi connectivity index (χ1v) is 16.3. The van der Waals surface area contributed by atoms with Crippen LogP contribution in [0, 0.1) is 22.7 Å². The summed E-state index contributed by atoms with van der Waals surface area (Å²) in [6, 6.07) is 19.3. The highest BCUT2D eigenvalue weighted by Crippen LogP contribution is 2.54. The van der Waals surface area contributed by atoms with Crippen molar-refractivity contribution in [2.24, 2.45) is 22.7 Å². The van der Waals surface area contributed by atoms with Gasteiger partial charge in [0.25, 0.3) is 5.91 Å². The minimum absolute atomic E-state index is 0.00830. The molecule has 2 N–H and O–H groups in total. The summed E-state index contributed by atoms with van der Waals surface area (Å²) in [6.07, 6.45) is 6.21. The summed E-state index contributed by atoms with van der Waals surface area (Å²) in [5, 5.41) is 10.1. The molecule has 1 aliphatic carbocycles. The predicted molar refractivity (Wildman–Crippen MR) is 173 cm³/mol. The minimum Gasteiger partial charge on any atom is -0.357 e. The zero-order chi connectivity index (χ0) is 32.5. The van der Waals surface area contributed by atoms with Gasteiger partial charge in [0.05, 0.1) is 24.2 Å². The summed E-state index contributed by atoms with van der Waals surface area (Å²) in [6.45, 7) is 6.18. The number of nitrogens with one attached hydrogen (secondary N) is 2. The van der Waals surface area contributed by atoms with Gasteiger partial charge in [-0.05, 0) is 42.2 Å². The number of likely N-dealkylation sites (N-methyl/N-ethyl adjacent to an activating group) is 1. The summed E-state index contributed by atoms with van der Waals surface area (Å²) >= 11 is 0. The molecule has 0 bridgehead atoms. The second-order valence-corrected chi connectivity index (χ2v) is 14.0. The van der Waals surface area contributed by atoms with E-state index in [-0.39, 0.29) is 41.5 Å². The van der Waals surface area contributed by atoms with Crippen molar-refractivity contribution >= 4 is 23.6 Å². The van der Waals surface area contributed by atoms with Crippen molar-refractivity contribution < 1.29 is 19.2 Å². The predicted octanol–water partition coefficient (Wildman–Crippen LogP) is 3.13. The number of carbonyl (C=O) groups excluding carboxylic acids is 4. The van der Waals surface area contributed by atoms with E-state index in [4.69, 9.17) is 0 Å². The smallest absolute Gasteiger partial charge is 0.257 e. The molecule has 1 saturated carbocycles. The van der Waals surface area contributed by atoms with Crippen LogP contribution in [0.2, 0.25) is 0 Å². The van der Waals surface area contributed by atoms with Gasteiger partial charge in [-0.3, -0.25) is 23.9 Å². The van der Waals surface area contributed by atoms with Gasteiger partial charge in [-0.15, -0.1) is 0 Å². The molecule has 2 aliphatic heterocycles. The lowest BCUT2D eigenvalue weighted by Gasteiger charge is -2.50. The Labute approximate surface area is 270 Å². The van der Waals surface area contributed by atoms with Gasteiger partial charge >= 0.3 is 0 Å². The minimum atomic E-state index is -0.690. The average Bonchev–Trinajstić information content (AvgIpc) is 3.35. The molecule has 10 heteroatoms. The maximum Gasteiger partial charge on any atom is 0.257 e. The average molecular weight is 625 g/mol. The Kier molecular flexibility index (Phi) is 8.72. The van der Waals surface area contributed by atoms with E-state index in [1.54, 1.807) is 29.0 Å². The number of benzene rings is 2. The Bertz CT molecular complexity index is 1580. The molecule has 2 saturated heterocycles. The van der Waals surface area contributed by atoms with Crippen molar-refractivity contribution in [1.29, 1.82) is 0 Å². The number of rotatable bonds is 11. The standard InChI is InChI=1S/C36H44N6O4/c1-35(2)17-28(35)34(46)41-23-36(24-41)22-40(33(45)27-18-38-42(20-27)19-26-13-8-5-9-14-26)21-29(36)31(43)39-30(32(44)37-3)16-10-15-25-11-6-4-7-12-25/h4-9,11-14,18,20,28-30H,10,15-17,19,21-24H2,1-3H3,(H,37,44)(H,39,43)/t28-,29+,30+/m1/s1. The van der Waals surface area contributed by atoms with Crippen molar-refractivity contribution in [2.75, 3.05) is 33.2 Å². The van der Waals surface area contributed by atoms with E-state index < -0.39 is 17.4 Å². The number of hydrogen-bond donors (Lipinski definition) is 2. The van der Waals surface area contributed by atoms with Crippen LogP contribution in [0.25, 0.3) is 0 Å². The van der Waals surface area contributed by atoms with Crippen LogP contribution in [0.1, 0.15) is 54.6 Å². The molecular weight excluding hydrogens is 580 g/mol. The molecule has 10 nitrogen and oxygen atoms in total. The van der Waals surface area contributed by atoms with Crippen LogP contribution in [0.5, 0.6) is 0 Å². The first-order chi connectivity index (χ1) is 22.1. The maximum absolute atomic E-state index is 14.0. The fraction of sp³-hybridized carbons (Fsp3) is 0.472. The van der Waals surface area contributed by atoms with Crippen molar-refractivity contribution in [3.8, 4) is 0 Å². The number of aryl methyl sites for hydroxylation is 1. The van der Waals surface area contributed by atoms with Crippen LogP contribution >= 0.6 is 0 Å². The van der Waals surface area contributed by atoms with Crippen molar-refractivity contribution in [2.45, 2.75) is 52.1 Å². The molecule has 3 fully saturated rings. The fourth-order valence-electron chi connectivity index (χ4n) is 7.17. The summed E-state index contributed by atoms with van der Waals surface area (Å²) < 4.78 is 1.74. The molecule has 2 aromatic carbocycles. The quantitative estimate of drug-likeness (QED) is 0.340. The molecule has 3 aromatic rings. The van der Waals surface area contributed by atoms with Crippen molar-refractivity contribution in [1.82, 2.24) is 30.2 Å². The van der Waals surface area contributed by atoms with E-state index in [2.05, 4.69) is 41.7 Å². The third-order valence-corrected chi connectivity index (χ3v) is 10.1. The van der Waals surface area contributed by atoms with Gasteiger partial charge in [0.2, 0.25) is 17.7 Å². The van der Waals surface area contributed by atoms with Crippen molar-refractivity contribution in [3.05, 3.63) is 89.7 Å². The molecule has 0 radical (unpaired) electrons. The van der Waals surface area contributed by atoms with E-state index in [0.717, 1.165) is 24.8 Å². The fourth-order valence-corrected chi connectivity index (χ4v) is 7.17. The van der Waals surface area contributed by atoms with E-state index in [0.29, 0.717) is 38.2 Å². The first-order valence-electron chi connectivity index (χ1n) is 16.3. The molecule has 46 heavy (non-hydrogen) atoms. The molecule has 1 spiro atoms. The third kappa shape index (κ3) is 6.57. The van der Waals surface area contributed by atoms with Crippen LogP contribution in [-0.2, 0) is 27.3 Å². The summed E-state index contributed by atoms with van der Waals surface area (Å²) in [4.78, 5) is 57.5. The lowest BCUT2D eigenvalue weighted by molar-refractivity contribution is -0.151. The summed E-state index contributed by atoms with van der Waals surface area (Å²) in [7, 11) is 1.57. The second kappa shape index (κ2) is 12.7. The lowest BCUT2D eigenvalue weighted by Crippen LogP contribution is -2.65. The number of likely N-dealkylation sites (tertiary alicyclic amines) is 2. The molecule has 1 aromatic heterocycles. The van der Waals surface area contributed by atoms with Gasteiger partial charge in [0.15, 0.2) is 0 Å². The SMILES string of the molecule is CNC(=O)[C@H](CCCc1ccccc1)NC(=O)[C@@H]1CN(C(=O)c2cnn(Cc3ccccc3)c2)CC12CN(C(=O)[C@H]1CC1(C)C)C2. The van der Waals surface area contributed by atoms with E-state index in [1.165, 1.54) is 5.56 Å². The van der Waals surface area contributed by atoms with Gasteiger partial charge in [-0.25, -0.2) is 0 Å². The Morgan fingerprint density at radius 1 is 0.913 bits per heavy atom. The molecule has 242 valence electrons. The highest BCUT2D eigenvalue weighted by atomic mass is 16.2. The van der Waals surface area contributed by atoms with Crippen LogP contribution in [-0.4, -0.2) is 82.5 Å². The zero-order valence-corrected chi connectivity index (χ0v) is 26.9. The van der Waals surface area contributed by atoms with E-state index in [1.807, 2.05) is 53.4 Å².